The Kier molecular flexibility index (Phi) is 5.62. The first kappa shape index (κ1) is 19.1. The summed E-state index contributed by atoms with van der Waals surface area (Å²) in [5.41, 5.74) is 0.943. The van der Waals surface area contributed by atoms with Crippen LogP contribution in [-0.2, 0) is 20.9 Å². The molecule has 0 bridgehead atoms. The molecule has 1 heterocycles. The van der Waals surface area contributed by atoms with E-state index in [9.17, 15) is 19.1 Å². The highest BCUT2D eigenvalue weighted by atomic mass is 35.5. The van der Waals surface area contributed by atoms with Gasteiger partial charge in [-0.25, -0.2) is 9.18 Å². The van der Waals surface area contributed by atoms with Crippen LogP contribution in [0.25, 0.3) is 0 Å². The van der Waals surface area contributed by atoms with Crippen LogP contribution >= 0.6 is 11.6 Å². The van der Waals surface area contributed by atoms with Crippen molar-refractivity contribution in [1.82, 2.24) is 4.90 Å². The molecule has 0 radical (unpaired) electrons. The number of carbonyl (C=O) groups is 2. The monoisotopic (exact) mass is 393 g/mol. The molecule has 0 aromatic heterocycles. The number of benzene rings is 2. The first-order valence-corrected chi connectivity index (χ1v) is 8.51. The summed E-state index contributed by atoms with van der Waals surface area (Å²) in [6.45, 7) is -0.260. The summed E-state index contributed by atoms with van der Waals surface area (Å²) in [5, 5.41) is 9.32. The van der Waals surface area contributed by atoms with Gasteiger partial charge in [-0.1, -0.05) is 35.9 Å². The van der Waals surface area contributed by atoms with Crippen LogP contribution in [0.2, 0.25) is 5.02 Å². The molecule has 1 aliphatic rings. The number of rotatable bonds is 5. The number of nitrogens with zero attached hydrogens (tertiary/aromatic N) is 1. The van der Waals surface area contributed by atoms with Gasteiger partial charge in [0, 0.05) is 6.54 Å². The molecule has 8 heteroatoms. The van der Waals surface area contributed by atoms with Gasteiger partial charge in [0.1, 0.15) is 18.2 Å². The smallest absolute Gasteiger partial charge is 0.335 e. The number of hydrogen-bond donors (Lipinski definition) is 1. The van der Waals surface area contributed by atoms with Crippen LogP contribution in [0, 0.1) is 5.82 Å². The summed E-state index contributed by atoms with van der Waals surface area (Å²) >= 11 is 6.07. The van der Waals surface area contributed by atoms with E-state index >= 15 is 0 Å². The Balaban J connectivity index is 2.01. The molecular weight excluding hydrogens is 377 g/mol. The van der Waals surface area contributed by atoms with Crippen LogP contribution in [0.15, 0.2) is 42.5 Å². The van der Waals surface area contributed by atoms with E-state index in [4.69, 9.17) is 21.1 Å². The van der Waals surface area contributed by atoms with Crippen molar-refractivity contribution in [3.05, 3.63) is 64.4 Å². The minimum absolute atomic E-state index is 0.119. The van der Waals surface area contributed by atoms with Crippen molar-refractivity contribution in [2.45, 2.75) is 18.7 Å². The lowest BCUT2D eigenvalue weighted by Gasteiger charge is -2.40. The number of methoxy groups -OCH3 is 1. The number of ether oxygens (including phenoxy) is 2. The lowest BCUT2D eigenvalue weighted by molar-refractivity contribution is -0.174. The second-order valence-corrected chi connectivity index (χ2v) is 6.41. The zero-order valence-electron chi connectivity index (χ0n) is 14.4. The van der Waals surface area contributed by atoms with Gasteiger partial charge in [-0.2, -0.15) is 0 Å². The highest BCUT2D eigenvalue weighted by molar-refractivity contribution is 6.31. The molecule has 2 unspecified atom stereocenters. The Morgan fingerprint density at radius 2 is 2.04 bits per heavy atom. The van der Waals surface area contributed by atoms with Crippen molar-refractivity contribution in [2.75, 3.05) is 13.7 Å². The van der Waals surface area contributed by atoms with Gasteiger partial charge in [0.25, 0.3) is 0 Å². The summed E-state index contributed by atoms with van der Waals surface area (Å²) in [5.74, 6) is -1.71. The highest BCUT2D eigenvalue weighted by Crippen LogP contribution is 2.36. The van der Waals surface area contributed by atoms with E-state index in [0.29, 0.717) is 5.75 Å². The summed E-state index contributed by atoms with van der Waals surface area (Å²) in [6, 6.07) is 10.0. The third kappa shape index (κ3) is 3.89. The van der Waals surface area contributed by atoms with E-state index in [1.807, 2.05) is 0 Å². The summed E-state index contributed by atoms with van der Waals surface area (Å²) in [7, 11) is 1.54. The van der Waals surface area contributed by atoms with Gasteiger partial charge in [0.2, 0.25) is 5.91 Å². The van der Waals surface area contributed by atoms with E-state index < -0.39 is 29.8 Å². The van der Waals surface area contributed by atoms with Crippen LogP contribution in [0.3, 0.4) is 0 Å². The maximum atomic E-state index is 14.0. The fourth-order valence-electron chi connectivity index (χ4n) is 3.05. The first-order chi connectivity index (χ1) is 12.9. The van der Waals surface area contributed by atoms with Crippen molar-refractivity contribution in [2.24, 2.45) is 0 Å². The molecule has 1 fully saturated rings. The molecule has 27 heavy (non-hydrogen) atoms. The predicted octanol–water partition coefficient (Wildman–Crippen LogP) is 3.04. The molecule has 6 nitrogen and oxygen atoms in total. The third-order valence-electron chi connectivity index (χ3n) is 4.38. The van der Waals surface area contributed by atoms with Crippen molar-refractivity contribution < 1.29 is 28.6 Å². The fourth-order valence-corrected chi connectivity index (χ4v) is 3.29. The SMILES string of the molecule is COc1ccc(CN2C(=O)COC(C(=O)O)C2c2cccc(F)c2Cl)cc1. The van der Waals surface area contributed by atoms with Crippen LogP contribution < -0.4 is 4.74 Å². The number of aliphatic carboxylic acids is 1. The van der Waals surface area contributed by atoms with Gasteiger partial charge in [-0.3, -0.25) is 4.79 Å². The molecule has 2 atom stereocenters. The molecule has 2 aromatic rings. The molecule has 142 valence electrons. The molecule has 1 amide bonds. The van der Waals surface area contributed by atoms with E-state index in [1.165, 1.54) is 23.1 Å². The van der Waals surface area contributed by atoms with E-state index in [0.717, 1.165) is 5.56 Å². The Morgan fingerprint density at radius 1 is 1.33 bits per heavy atom. The Labute approximate surface area is 160 Å². The highest BCUT2D eigenvalue weighted by Gasteiger charge is 2.43. The van der Waals surface area contributed by atoms with Gasteiger partial charge in [-0.15, -0.1) is 0 Å². The van der Waals surface area contributed by atoms with E-state index in [-0.39, 0.29) is 23.7 Å². The van der Waals surface area contributed by atoms with Gasteiger partial charge in [0.05, 0.1) is 18.2 Å². The predicted molar refractivity (Wildman–Crippen MR) is 95.1 cm³/mol. The summed E-state index contributed by atoms with van der Waals surface area (Å²) in [4.78, 5) is 25.6. The number of hydrogen-bond acceptors (Lipinski definition) is 4. The largest absolute Gasteiger partial charge is 0.497 e. The second kappa shape index (κ2) is 7.94. The maximum absolute atomic E-state index is 14.0. The average Bonchev–Trinajstić information content (AvgIpc) is 2.66. The molecular formula is C19H17ClFNO5. The number of carbonyl (C=O) groups excluding carboxylic acids is 1. The van der Waals surface area contributed by atoms with Crippen molar-refractivity contribution in [1.29, 1.82) is 0 Å². The standard InChI is InChI=1S/C19H17ClFNO5/c1-26-12-7-5-11(6-8-12)9-22-15(23)10-27-18(19(24)25)17(22)13-3-2-4-14(21)16(13)20/h2-8,17-18H,9-10H2,1H3,(H,24,25). The van der Waals surface area contributed by atoms with Crippen molar-refractivity contribution in [3.63, 3.8) is 0 Å². The number of carboxylic acid groups (broad SMARTS) is 1. The quantitative estimate of drug-likeness (QED) is 0.845. The van der Waals surface area contributed by atoms with Crippen LogP contribution in [0.4, 0.5) is 4.39 Å². The summed E-state index contributed by atoms with van der Waals surface area (Å²) in [6.07, 6.45) is -1.36. The molecule has 0 spiro atoms. The van der Waals surface area contributed by atoms with Gasteiger partial charge < -0.3 is 19.5 Å². The summed E-state index contributed by atoms with van der Waals surface area (Å²) < 4.78 is 24.3. The number of morpholine rings is 1. The zero-order valence-corrected chi connectivity index (χ0v) is 15.1. The maximum Gasteiger partial charge on any atom is 0.335 e. The minimum atomic E-state index is -1.36. The zero-order chi connectivity index (χ0) is 19.6. The van der Waals surface area contributed by atoms with Crippen molar-refractivity contribution >= 4 is 23.5 Å². The van der Waals surface area contributed by atoms with Gasteiger partial charge in [-0.05, 0) is 29.3 Å². The van der Waals surface area contributed by atoms with Gasteiger partial charge >= 0.3 is 5.97 Å². The van der Waals surface area contributed by atoms with Crippen molar-refractivity contribution in [3.8, 4) is 5.75 Å². The first-order valence-electron chi connectivity index (χ1n) is 8.13. The fraction of sp³-hybridized carbons (Fsp3) is 0.263. The number of carboxylic acids is 1. The van der Waals surface area contributed by atoms with E-state index in [1.54, 1.807) is 31.4 Å². The number of amides is 1. The minimum Gasteiger partial charge on any atom is -0.497 e. The average molecular weight is 394 g/mol. The van der Waals surface area contributed by atoms with Crippen LogP contribution in [0.1, 0.15) is 17.2 Å². The molecule has 3 rings (SSSR count). The number of halogens is 2. The van der Waals surface area contributed by atoms with Gasteiger partial charge in [0.15, 0.2) is 6.10 Å². The van der Waals surface area contributed by atoms with Crippen LogP contribution in [-0.4, -0.2) is 41.7 Å². The normalized spacial score (nSPS) is 19.8. The molecule has 2 aromatic carbocycles. The molecule has 0 aliphatic carbocycles. The molecule has 0 saturated carbocycles. The topological polar surface area (TPSA) is 76.1 Å². The third-order valence-corrected chi connectivity index (χ3v) is 4.78. The Morgan fingerprint density at radius 3 is 2.67 bits per heavy atom. The molecule has 1 N–H and O–H groups in total. The Hall–Kier alpha value is -2.64. The Bertz CT molecular complexity index is 858. The van der Waals surface area contributed by atoms with E-state index in [2.05, 4.69) is 0 Å². The molecule has 1 aliphatic heterocycles. The molecule has 1 saturated heterocycles. The second-order valence-electron chi connectivity index (χ2n) is 6.03. The van der Waals surface area contributed by atoms with Crippen LogP contribution in [0.5, 0.6) is 5.75 Å². The lowest BCUT2D eigenvalue weighted by atomic mass is 9.96. The lowest BCUT2D eigenvalue weighted by Crippen LogP contribution is -2.51.